The smallest absolute Gasteiger partial charge is 0.396 e. The van der Waals surface area contributed by atoms with Crippen molar-refractivity contribution in [3.63, 3.8) is 0 Å². The maximum atomic E-state index is 13.4. The van der Waals surface area contributed by atoms with Gasteiger partial charge in [-0.2, -0.15) is 13.2 Å². The number of fused-ring (bicyclic) bond motifs is 4. The first-order valence-corrected chi connectivity index (χ1v) is 45.1. The van der Waals surface area contributed by atoms with Gasteiger partial charge in [0.05, 0.1) is 87.0 Å². The number of aliphatic hydroxyl groups excluding tert-OH is 4. The van der Waals surface area contributed by atoms with Crippen LogP contribution in [0.2, 0.25) is 0 Å². The van der Waals surface area contributed by atoms with Gasteiger partial charge in [0.25, 0.3) is 54.7 Å². The van der Waals surface area contributed by atoms with Crippen molar-refractivity contribution in [1.82, 2.24) is 43.1 Å². The van der Waals surface area contributed by atoms with Crippen LogP contribution in [-0.4, -0.2) is 220 Å². The Balaban J connectivity index is 0.000000140. The Morgan fingerprint density at radius 3 is 1.21 bits per heavy atom. The number of halogens is 9. The molecule has 0 unspecified atom stereocenters. The van der Waals surface area contributed by atoms with Gasteiger partial charge in [-0.3, -0.25) is 64.5 Å². The monoisotopic (exact) mass is 1920 g/mol. The molecule has 8 amide bonds. The van der Waals surface area contributed by atoms with Crippen LogP contribution in [-0.2, 0) is 65.7 Å². The van der Waals surface area contributed by atoms with E-state index in [-0.39, 0.29) is 132 Å². The fraction of sp³-hybridized carbons (Fsp3) is 0.381. The van der Waals surface area contributed by atoms with Crippen molar-refractivity contribution < 1.29 is 113 Å². The number of carbonyl (C=O) groups is 8. The molecule has 32 nitrogen and oxygen atoms in total. The summed E-state index contributed by atoms with van der Waals surface area (Å²) in [5, 5.41) is 48.0. The van der Waals surface area contributed by atoms with Gasteiger partial charge in [0, 0.05) is 153 Å². The van der Waals surface area contributed by atoms with Crippen molar-refractivity contribution in [2.24, 2.45) is 0 Å². The lowest BCUT2D eigenvalue weighted by atomic mass is 9.96. The molecule has 0 bridgehead atoms. The molecule has 8 aromatic carbocycles. The lowest BCUT2D eigenvalue weighted by Gasteiger charge is -2.46. The number of imidazole rings is 4. The molecule has 4 aliphatic heterocycles. The summed E-state index contributed by atoms with van der Waals surface area (Å²) in [6.45, 7) is 9.36. The second-order valence-corrected chi connectivity index (χ2v) is 34.3. The highest BCUT2D eigenvalue weighted by atomic mass is 19.4. The van der Waals surface area contributed by atoms with Crippen LogP contribution < -0.4 is 40.9 Å². The summed E-state index contributed by atoms with van der Waals surface area (Å²) in [7, 11) is 0. The Morgan fingerprint density at radius 1 is 0.428 bits per heavy atom. The number of piperazine rings is 1. The first kappa shape index (κ1) is 98.9. The number of benzene rings is 8. The van der Waals surface area contributed by atoms with E-state index in [0.29, 0.717) is 172 Å². The number of ether oxygens (including phenoxy) is 3. The highest BCUT2D eigenvalue weighted by Crippen LogP contribution is 2.47. The number of carbonyl (C=O) groups excluding carboxylic acids is 8. The van der Waals surface area contributed by atoms with Crippen LogP contribution in [0.3, 0.4) is 0 Å². The quantitative estimate of drug-likeness (QED) is 0.0211. The molecule has 4 aromatic heterocycles. The summed E-state index contributed by atoms with van der Waals surface area (Å²) >= 11 is 0. The molecule has 6 fully saturated rings. The highest BCUT2D eigenvalue weighted by Gasteiger charge is 2.54. The Hall–Kier alpha value is -13.6. The van der Waals surface area contributed by atoms with E-state index in [1.807, 2.05) is 32.0 Å². The Kier molecular flexibility index (Phi) is 31.1. The van der Waals surface area contributed by atoms with Gasteiger partial charge in [0.15, 0.2) is 0 Å². The molecule has 728 valence electrons. The maximum absolute atomic E-state index is 13.4. The number of morpholine rings is 1. The number of alkyl halides is 9. The van der Waals surface area contributed by atoms with Crippen molar-refractivity contribution in [2.75, 3.05) is 133 Å². The molecule has 138 heavy (non-hydrogen) atoms. The lowest BCUT2D eigenvalue weighted by molar-refractivity contribution is -0.137. The number of aromatic nitrogens is 8. The van der Waals surface area contributed by atoms with E-state index in [1.165, 1.54) is 66.7 Å². The van der Waals surface area contributed by atoms with Gasteiger partial charge in [0.2, 0.25) is 35.6 Å². The largest absolute Gasteiger partial charge is 0.416 e. The molecule has 4 saturated heterocycles. The molecule has 0 atom stereocenters. The van der Waals surface area contributed by atoms with E-state index in [0.717, 1.165) is 73.8 Å². The number of aliphatic hydroxyl groups is 4. The summed E-state index contributed by atoms with van der Waals surface area (Å²) in [4.78, 5) is 129. The summed E-state index contributed by atoms with van der Waals surface area (Å²) in [6, 6.07) is 42.1. The number of nitrogens with one attached hydrogen (secondary N) is 4. The van der Waals surface area contributed by atoms with Crippen molar-refractivity contribution in [2.45, 2.75) is 147 Å². The lowest BCUT2D eigenvalue weighted by Crippen LogP contribution is -2.63. The number of hydrogen-bond donors (Lipinski definition) is 8. The number of rotatable bonds is 28. The van der Waals surface area contributed by atoms with Crippen LogP contribution >= 0.6 is 0 Å². The fourth-order valence-corrected chi connectivity index (χ4v) is 17.2. The van der Waals surface area contributed by atoms with Crippen molar-refractivity contribution in [3.8, 4) is 0 Å². The van der Waals surface area contributed by atoms with E-state index in [9.17, 15) is 98.3 Å². The minimum absolute atomic E-state index is 0.00300. The van der Waals surface area contributed by atoms with Gasteiger partial charge in [-0.05, 0) is 199 Å². The number of anilines is 8. The molecule has 18 rings (SSSR count). The van der Waals surface area contributed by atoms with Crippen LogP contribution in [0.1, 0.15) is 161 Å². The molecule has 1 spiro atoms. The third-order valence-corrected chi connectivity index (χ3v) is 24.4. The van der Waals surface area contributed by atoms with E-state index < -0.39 is 60.2 Å². The number of nitrogens with zero attached hydrogens (tertiary/aromatic N) is 13. The fourth-order valence-electron chi connectivity index (χ4n) is 17.2. The SMILES string of the molecule is CC1(C)C(=O)N(c2ccc3c(c2)nc(NC(=O)c2cccc(C(F)F)c2)n3CCCO)CCN1C1CC1.O=C(Nc1nc2cc(N3C(=O)COCC34CC4)ccc2n1CCCO)c1cccc(C(F)(F)F)c1.O=C(Nc1nc2cc(N3CCCOCC3=O)ccc2n1CCCO)c1cccc(C(F)F)c1.O=C(Nc1nc2cc(N3CCOCCC3=O)ccc2n1CCCO)c1cccc(C(F)F)c1. The van der Waals surface area contributed by atoms with Crippen molar-refractivity contribution in [1.29, 1.82) is 0 Å². The van der Waals surface area contributed by atoms with Gasteiger partial charge in [-0.15, -0.1) is 0 Å². The normalized spacial score (nSPS) is 16.2. The molecular formula is C97H102F9N17O15. The van der Waals surface area contributed by atoms with Crippen molar-refractivity contribution in [3.05, 3.63) is 214 Å². The zero-order valence-corrected chi connectivity index (χ0v) is 75.3. The van der Waals surface area contributed by atoms with Gasteiger partial charge >= 0.3 is 6.18 Å². The molecule has 41 heteroatoms. The third kappa shape index (κ3) is 22.6. The van der Waals surface area contributed by atoms with E-state index in [1.54, 1.807) is 92.5 Å². The van der Waals surface area contributed by atoms with Gasteiger partial charge in [0.1, 0.15) is 13.2 Å². The second-order valence-electron chi connectivity index (χ2n) is 34.3. The zero-order chi connectivity index (χ0) is 97.9. The van der Waals surface area contributed by atoms with E-state index >= 15 is 0 Å². The number of hydrogen-bond acceptors (Lipinski definition) is 20. The predicted octanol–water partition coefficient (Wildman–Crippen LogP) is 14.5. The molecule has 0 radical (unpaired) electrons. The Labute approximate surface area is 784 Å². The van der Waals surface area contributed by atoms with Crippen LogP contribution in [0.15, 0.2) is 170 Å². The zero-order valence-electron chi connectivity index (χ0n) is 75.3. The van der Waals surface area contributed by atoms with Crippen molar-refractivity contribution >= 4 is 138 Å². The summed E-state index contributed by atoms with van der Waals surface area (Å²) in [6.07, 6.45) is -5.97. The van der Waals surface area contributed by atoms with Gasteiger partial charge in [-0.25, -0.2) is 46.3 Å². The average Bonchev–Trinajstić information content (AvgIpc) is 1.57. The minimum Gasteiger partial charge on any atom is -0.396 e. The first-order chi connectivity index (χ1) is 66.4. The van der Waals surface area contributed by atoms with Crippen LogP contribution in [0.5, 0.6) is 0 Å². The molecular weight excluding hydrogens is 1810 g/mol. The standard InChI is InChI=1S/C27H31F2N5O3.C24H23F3N4O4.2C23H24F2N4O4/c1-27(2)25(37)32(12-13-34(27)19-7-8-19)20-9-10-22-21(16-20)30-26(33(22)11-4-14-35)31-24(36)18-6-3-5-17(15-18)23(28)29;25-24(26,27)16-4-1-3-15(11-16)21(34)29-22-28-18-12-17(5-6-19(18)30(22)9-2-10-32)31-20(33)13-35-14-23(31)7-8-23;24-21(25)15-4-1-5-16(12-15)22(32)27-23-26-18-13-17(28-9-3-11-33-14-20(28)31)6-7-19(18)29(23)8-2-10-30;24-21(25)15-3-1-4-16(13-15)22(32)27-23-26-18-14-17(28-9-12-33-11-7-20(28)31)5-6-19(18)29(23)8-2-10-30/h3,5-6,9-10,15-16,19,23,35H,4,7-8,11-14H2,1-2H3,(H,30,31,36);1,3-6,11-12,32H,2,7-10,13-14H2,(H,28,29,34);1,4-7,12-13,21,30H,2-3,8-11,14H2,(H,26,27,32);1,3-6,13-14,21,30H,2,7-12H2,(H,26,27,32). The molecule has 2 saturated carbocycles. The Bertz CT molecular complexity index is 6310. The van der Waals surface area contributed by atoms with E-state index in [4.69, 9.17) is 14.2 Å². The number of amides is 8. The maximum Gasteiger partial charge on any atom is 0.416 e. The average molecular weight is 1920 g/mol. The molecule has 12 aromatic rings. The second kappa shape index (κ2) is 43.4. The first-order valence-electron chi connectivity index (χ1n) is 45.1. The van der Waals surface area contributed by atoms with E-state index in [2.05, 4.69) is 46.1 Å². The summed E-state index contributed by atoms with van der Waals surface area (Å²) in [5.74, 6) is -1.87. The van der Waals surface area contributed by atoms with Crippen LogP contribution in [0.25, 0.3) is 44.1 Å². The summed E-state index contributed by atoms with van der Waals surface area (Å²) in [5.41, 5.74) is 5.31. The topological polar surface area (TPSA) is 381 Å². The minimum atomic E-state index is -4.57. The van der Waals surface area contributed by atoms with Crippen LogP contribution in [0.4, 0.5) is 86.1 Å². The van der Waals surface area contributed by atoms with Gasteiger partial charge in [-0.1, -0.05) is 42.5 Å². The van der Waals surface area contributed by atoms with Gasteiger partial charge < -0.3 is 72.5 Å². The summed E-state index contributed by atoms with van der Waals surface area (Å²) < 4.78 is 141. The third-order valence-electron chi connectivity index (χ3n) is 24.4. The number of aryl methyl sites for hydroxylation is 4. The molecule has 2 aliphatic carbocycles. The predicted molar refractivity (Wildman–Crippen MR) is 495 cm³/mol. The molecule has 8 N–H and O–H groups in total. The molecule has 6 aliphatic rings. The molecule has 8 heterocycles. The Morgan fingerprint density at radius 2 is 0.812 bits per heavy atom. The van der Waals surface area contributed by atoms with Crippen LogP contribution in [0, 0.1) is 0 Å². The highest BCUT2D eigenvalue weighted by molar-refractivity contribution is 6.09.